The maximum absolute atomic E-state index is 5.79. The Labute approximate surface area is 123 Å². The van der Waals surface area contributed by atoms with Gasteiger partial charge in [-0.1, -0.05) is 44.2 Å². The minimum atomic E-state index is 0.261. The van der Waals surface area contributed by atoms with Gasteiger partial charge in [0.15, 0.2) is 0 Å². The molecule has 1 aliphatic rings. The Morgan fingerprint density at radius 1 is 1.30 bits per heavy atom. The van der Waals surface area contributed by atoms with E-state index in [9.17, 15) is 0 Å². The Kier molecular flexibility index (Phi) is 5.22. The van der Waals surface area contributed by atoms with Crippen LogP contribution < -0.4 is 5.32 Å². The van der Waals surface area contributed by atoms with Crippen LogP contribution in [-0.4, -0.2) is 24.8 Å². The van der Waals surface area contributed by atoms with Crippen molar-refractivity contribution in [2.45, 2.75) is 65.1 Å². The maximum atomic E-state index is 5.79. The zero-order valence-electron chi connectivity index (χ0n) is 13.4. The second kappa shape index (κ2) is 6.73. The molecule has 3 atom stereocenters. The van der Waals surface area contributed by atoms with E-state index >= 15 is 0 Å². The summed E-state index contributed by atoms with van der Waals surface area (Å²) >= 11 is 0. The van der Waals surface area contributed by atoms with Crippen molar-refractivity contribution >= 4 is 0 Å². The predicted octanol–water partition coefficient (Wildman–Crippen LogP) is 3.80. The van der Waals surface area contributed by atoms with Crippen molar-refractivity contribution < 1.29 is 4.74 Å². The van der Waals surface area contributed by atoms with Gasteiger partial charge in [0.1, 0.15) is 0 Å². The Morgan fingerprint density at radius 3 is 2.60 bits per heavy atom. The normalized spacial score (nSPS) is 26.0. The largest absolute Gasteiger partial charge is 0.378 e. The fraction of sp³-hybridized carbons (Fsp3) is 0.667. The third-order valence-electron chi connectivity index (χ3n) is 4.74. The van der Waals surface area contributed by atoms with Gasteiger partial charge in [0.2, 0.25) is 0 Å². The van der Waals surface area contributed by atoms with Crippen molar-refractivity contribution in [1.29, 1.82) is 0 Å². The first-order valence-electron chi connectivity index (χ1n) is 7.95. The number of rotatable bonds is 7. The van der Waals surface area contributed by atoms with Gasteiger partial charge in [0.05, 0.1) is 6.10 Å². The third-order valence-corrected chi connectivity index (χ3v) is 4.74. The predicted molar refractivity (Wildman–Crippen MR) is 85.0 cm³/mol. The fourth-order valence-corrected chi connectivity index (χ4v) is 3.11. The molecular formula is C18H29NO. The number of hydrogen-bond acceptors (Lipinski definition) is 2. The molecular weight excluding hydrogens is 246 g/mol. The molecule has 0 saturated heterocycles. The molecule has 1 aromatic rings. The van der Waals surface area contributed by atoms with Crippen LogP contribution in [0.5, 0.6) is 0 Å². The second-order valence-electron chi connectivity index (χ2n) is 6.65. The highest BCUT2D eigenvalue weighted by Gasteiger charge is 2.48. The lowest BCUT2D eigenvalue weighted by molar-refractivity contribution is -0.116. The van der Waals surface area contributed by atoms with Crippen LogP contribution >= 0.6 is 0 Å². The van der Waals surface area contributed by atoms with Crippen LogP contribution in [-0.2, 0) is 11.2 Å². The van der Waals surface area contributed by atoms with E-state index in [0.29, 0.717) is 18.2 Å². The van der Waals surface area contributed by atoms with Gasteiger partial charge in [-0.25, -0.2) is 0 Å². The monoisotopic (exact) mass is 275 g/mol. The van der Waals surface area contributed by atoms with Crippen molar-refractivity contribution in [2.24, 2.45) is 5.41 Å². The molecule has 1 saturated carbocycles. The van der Waals surface area contributed by atoms with Gasteiger partial charge in [0.25, 0.3) is 0 Å². The minimum absolute atomic E-state index is 0.261. The molecule has 20 heavy (non-hydrogen) atoms. The number of nitrogens with one attached hydrogen (secondary N) is 1. The second-order valence-corrected chi connectivity index (χ2v) is 6.65. The average Bonchev–Trinajstić information content (AvgIpc) is 2.45. The number of hydrogen-bond donors (Lipinski definition) is 1. The molecule has 3 unspecified atom stereocenters. The molecule has 2 rings (SSSR count). The highest BCUT2D eigenvalue weighted by molar-refractivity contribution is 5.14. The highest BCUT2D eigenvalue weighted by Crippen LogP contribution is 2.43. The molecule has 2 heteroatoms. The van der Waals surface area contributed by atoms with E-state index in [0.717, 1.165) is 19.4 Å². The molecule has 0 aromatic heterocycles. The van der Waals surface area contributed by atoms with Gasteiger partial charge in [-0.3, -0.25) is 0 Å². The van der Waals surface area contributed by atoms with Crippen LogP contribution in [0.1, 0.15) is 46.1 Å². The van der Waals surface area contributed by atoms with Crippen LogP contribution in [0.4, 0.5) is 0 Å². The van der Waals surface area contributed by atoms with Gasteiger partial charge >= 0.3 is 0 Å². The van der Waals surface area contributed by atoms with Crippen LogP contribution in [0.3, 0.4) is 0 Å². The van der Waals surface area contributed by atoms with Gasteiger partial charge in [0, 0.05) is 24.1 Å². The molecule has 0 heterocycles. The number of ether oxygens (including phenoxy) is 1. The smallest absolute Gasteiger partial charge is 0.0655 e. The third kappa shape index (κ3) is 3.62. The standard InChI is InChI=1S/C18H29NO/c1-5-20-17-13-16(18(17,3)4)19-14(2)11-12-15-9-7-6-8-10-15/h6-10,14,16-17,19H,5,11-13H2,1-4H3. The van der Waals surface area contributed by atoms with E-state index < -0.39 is 0 Å². The Bertz CT molecular complexity index is 401. The number of aryl methyl sites for hydroxylation is 1. The van der Waals surface area contributed by atoms with E-state index in [1.807, 2.05) is 0 Å². The maximum Gasteiger partial charge on any atom is 0.0655 e. The summed E-state index contributed by atoms with van der Waals surface area (Å²) in [7, 11) is 0. The van der Waals surface area contributed by atoms with Crippen LogP contribution in [0, 0.1) is 5.41 Å². The summed E-state index contributed by atoms with van der Waals surface area (Å²) in [6, 6.07) is 11.9. The van der Waals surface area contributed by atoms with Gasteiger partial charge in [-0.2, -0.15) is 0 Å². The molecule has 2 nitrogen and oxygen atoms in total. The minimum Gasteiger partial charge on any atom is -0.378 e. The summed E-state index contributed by atoms with van der Waals surface area (Å²) in [5.41, 5.74) is 1.69. The van der Waals surface area contributed by atoms with E-state index in [1.54, 1.807) is 0 Å². The van der Waals surface area contributed by atoms with Crippen molar-refractivity contribution in [3.63, 3.8) is 0 Å². The first kappa shape index (κ1) is 15.5. The van der Waals surface area contributed by atoms with Crippen LogP contribution in [0.25, 0.3) is 0 Å². The SMILES string of the molecule is CCOC1CC(NC(C)CCc2ccccc2)C1(C)C. The van der Waals surface area contributed by atoms with Gasteiger partial charge in [-0.15, -0.1) is 0 Å². The summed E-state index contributed by atoms with van der Waals surface area (Å²) in [4.78, 5) is 0. The van der Waals surface area contributed by atoms with Crippen molar-refractivity contribution in [2.75, 3.05) is 6.61 Å². The summed E-state index contributed by atoms with van der Waals surface area (Å²) in [6.07, 6.45) is 3.91. The van der Waals surface area contributed by atoms with E-state index in [1.165, 1.54) is 12.0 Å². The molecule has 0 spiro atoms. The van der Waals surface area contributed by atoms with Gasteiger partial charge < -0.3 is 10.1 Å². The highest BCUT2D eigenvalue weighted by atomic mass is 16.5. The zero-order chi connectivity index (χ0) is 14.6. The van der Waals surface area contributed by atoms with E-state index in [4.69, 9.17) is 4.74 Å². The Balaban J connectivity index is 1.74. The molecule has 0 aliphatic heterocycles. The summed E-state index contributed by atoms with van der Waals surface area (Å²) in [5, 5.41) is 3.79. The Hall–Kier alpha value is -0.860. The first-order chi connectivity index (χ1) is 9.54. The lowest BCUT2D eigenvalue weighted by Gasteiger charge is -2.52. The van der Waals surface area contributed by atoms with Crippen molar-refractivity contribution in [3.05, 3.63) is 35.9 Å². The fourth-order valence-electron chi connectivity index (χ4n) is 3.11. The number of benzene rings is 1. The van der Waals surface area contributed by atoms with Crippen LogP contribution in [0.15, 0.2) is 30.3 Å². The van der Waals surface area contributed by atoms with Crippen molar-refractivity contribution in [1.82, 2.24) is 5.32 Å². The summed E-state index contributed by atoms with van der Waals surface area (Å²) in [6.45, 7) is 9.84. The van der Waals surface area contributed by atoms with E-state index in [-0.39, 0.29) is 5.41 Å². The van der Waals surface area contributed by atoms with Crippen molar-refractivity contribution in [3.8, 4) is 0 Å². The lowest BCUT2D eigenvalue weighted by atomic mass is 9.64. The quantitative estimate of drug-likeness (QED) is 0.817. The Morgan fingerprint density at radius 2 is 2.00 bits per heavy atom. The summed E-state index contributed by atoms with van der Waals surface area (Å²) < 4.78 is 5.79. The van der Waals surface area contributed by atoms with E-state index in [2.05, 4.69) is 63.3 Å². The molecule has 112 valence electrons. The molecule has 0 amide bonds. The van der Waals surface area contributed by atoms with Gasteiger partial charge in [-0.05, 0) is 38.7 Å². The topological polar surface area (TPSA) is 21.3 Å². The molecule has 0 bridgehead atoms. The first-order valence-corrected chi connectivity index (χ1v) is 7.95. The zero-order valence-corrected chi connectivity index (χ0v) is 13.4. The molecule has 1 N–H and O–H groups in total. The molecule has 1 aromatic carbocycles. The molecule has 1 fully saturated rings. The average molecular weight is 275 g/mol. The summed E-state index contributed by atoms with van der Waals surface area (Å²) in [5.74, 6) is 0. The lowest BCUT2D eigenvalue weighted by Crippen LogP contribution is -2.62. The molecule has 1 aliphatic carbocycles. The molecule has 0 radical (unpaired) electrons. The van der Waals surface area contributed by atoms with Crippen LogP contribution in [0.2, 0.25) is 0 Å².